The van der Waals surface area contributed by atoms with E-state index in [0.717, 1.165) is 25.1 Å². The van der Waals surface area contributed by atoms with Crippen molar-refractivity contribution in [2.45, 2.75) is 38.8 Å². The van der Waals surface area contributed by atoms with Gasteiger partial charge < -0.3 is 5.32 Å². The van der Waals surface area contributed by atoms with E-state index in [9.17, 15) is 4.79 Å². The molecule has 1 atom stereocenters. The Labute approximate surface area is 123 Å². The molecule has 1 saturated carbocycles. The van der Waals surface area contributed by atoms with Gasteiger partial charge in [0.05, 0.1) is 18.0 Å². The summed E-state index contributed by atoms with van der Waals surface area (Å²) in [6.07, 6.45) is 7.76. The minimum absolute atomic E-state index is 0.0906. The Balaban J connectivity index is 1.69. The van der Waals surface area contributed by atoms with Crippen molar-refractivity contribution < 1.29 is 4.79 Å². The van der Waals surface area contributed by atoms with Gasteiger partial charge in [0.2, 0.25) is 5.91 Å². The Morgan fingerprint density at radius 1 is 1.48 bits per heavy atom. The molecule has 0 bridgehead atoms. The van der Waals surface area contributed by atoms with Gasteiger partial charge in [0.15, 0.2) is 0 Å². The highest BCUT2D eigenvalue weighted by Crippen LogP contribution is 2.47. The molecule has 112 valence electrons. The Bertz CT molecular complexity index is 613. The molecule has 2 aromatic rings. The molecule has 1 unspecified atom stereocenters. The fourth-order valence-corrected chi connectivity index (χ4v) is 2.59. The van der Waals surface area contributed by atoms with Gasteiger partial charge in [-0.25, -0.2) is 4.98 Å². The smallest absolute Gasteiger partial charge is 0.228 e. The van der Waals surface area contributed by atoms with Crippen molar-refractivity contribution in [1.29, 1.82) is 0 Å². The van der Waals surface area contributed by atoms with Crippen molar-refractivity contribution in [3.05, 3.63) is 30.6 Å². The molecule has 1 fully saturated rings. The zero-order chi connectivity index (χ0) is 14.9. The molecule has 1 aliphatic carbocycles. The zero-order valence-electron chi connectivity index (χ0n) is 12.4. The van der Waals surface area contributed by atoms with Crippen molar-refractivity contribution >= 4 is 5.91 Å². The number of nitrogens with one attached hydrogen (secondary N) is 1. The number of rotatable bonds is 6. The van der Waals surface area contributed by atoms with Crippen LogP contribution < -0.4 is 5.32 Å². The number of hydrogen-bond donors (Lipinski definition) is 1. The summed E-state index contributed by atoms with van der Waals surface area (Å²) in [6, 6.07) is 1.78. The molecule has 0 saturated heterocycles. The first kappa shape index (κ1) is 13.8. The largest absolute Gasteiger partial charge is 0.346 e. The molecule has 7 heteroatoms. The van der Waals surface area contributed by atoms with Gasteiger partial charge in [-0.05, 0) is 25.3 Å². The molecule has 2 aromatic heterocycles. The van der Waals surface area contributed by atoms with Crippen LogP contribution in [0.5, 0.6) is 0 Å². The van der Waals surface area contributed by atoms with Crippen molar-refractivity contribution in [3.63, 3.8) is 0 Å². The summed E-state index contributed by atoms with van der Waals surface area (Å²) in [5.41, 5.74) is -0.308. The van der Waals surface area contributed by atoms with Crippen LogP contribution in [0.3, 0.4) is 0 Å². The molecule has 0 spiro atoms. The number of amides is 1. The van der Waals surface area contributed by atoms with Crippen LogP contribution >= 0.6 is 0 Å². The van der Waals surface area contributed by atoms with E-state index in [1.165, 1.54) is 6.33 Å². The van der Waals surface area contributed by atoms with Gasteiger partial charge in [-0.15, -0.1) is 0 Å². The van der Waals surface area contributed by atoms with E-state index in [2.05, 4.69) is 20.5 Å². The highest BCUT2D eigenvalue weighted by molar-refractivity contribution is 5.85. The Hall–Kier alpha value is -2.18. The van der Waals surface area contributed by atoms with Crippen molar-refractivity contribution in [2.75, 3.05) is 0 Å². The van der Waals surface area contributed by atoms with Crippen LogP contribution in [0.4, 0.5) is 0 Å². The van der Waals surface area contributed by atoms with E-state index in [4.69, 9.17) is 0 Å². The highest BCUT2D eigenvalue weighted by Gasteiger charge is 2.50. The van der Waals surface area contributed by atoms with Gasteiger partial charge >= 0.3 is 0 Å². The lowest BCUT2D eigenvalue weighted by Crippen LogP contribution is -2.38. The molecule has 0 radical (unpaired) electrons. The summed E-state index contributed by atoms with van der Waals surface area (Å²) in [7, 11) is 1.84. The van der Waals surface area contributed by atoms with E-state index < -0.39 is 0 Å². The van der Waals surface area contributed by atoms with E-state index in [-0.39, 0.29) is 17.4 Å². The second kappa shape index (κ2) is 5.31. The lowest BCUT2D eigenvalue weighted by atomic mass is 10.1. The van der Waals surface area contributed by atoms with Gasteiger partial charge in [-0.3, -0.25) is 14.2 Å². The fraction of sp³-hybridized carbons (Fsp3) is 0.571. The first-order chi connectivity index (χ1) is 10.1. The highest BCUT2D eigenvalue weighted by atomic mass is 16.2. The van der Waals surface area contributed by atoms with E-state index in [1.807, 2.05) is 30.9 Å². The molecule has 0 aliphatic heterocycles. The maximum Gasteiger partial charge on any atom is 0.228 e. The Kier molecular flexibility index (Phi) is 3.48. The maximum absolute atomic E-state index is 12.6. The average Bonchev–Trinajstić information content (AvgIpc) is 2.86. The van der Waals surface area contributed by atoms with Crippen LogP contribution in [0.1, 0.15) is 38.1 Å². The van der Waals surface area contributed by atoms with Crippen molar-refractivity contribution in [1.82, 2.24) is 29.9 Å². The van der Waals surface area contributed by atoms with Gasteiger partial charge in [-0.1, -0.05) is 6.92 Å². The van der Waals surface area contributed by atoms with Crippen LogP contribution in [-0.4, -0.2) is 30.5 Å². The van der Waals surface area contributed by atoms with Crippen LogP contribution in [0, 0.1) is 5.41 Å². The van der Waals surface area contributed by atoms with Crippen LogP contribution in [0.2, 0.25) is 0 Å². The fourth-order valence-electron chi connectivity index (χ4n) is 2.59. The third kappa shape index (κ3) is 2.68. The monoisotopic (exact) mass is 288 g/mol. The molecule has 0 aromatic carbocycles. The lowest BCUT2D eigenvalue weighted by molar-refractivity contribution is -0.127. The first-order valence-corrected chi connectivity index (χ1v) is 7.27. The third-order valence-electron chi connectivity index (χ3n) is 4.13. The predicted octanol–water partition coefficient (Wildman–Crippen LogP) is 1.06. The summed E-state index contributed by atoms with van der Waals surface area (Å²) in [6.45, 7) is 2.67. The predicted molar refractivity (Wildman–Crippen MR) is 76.1 cm³/mol. The quantitative estimate of drug-likeness (QED) is 0.862. The Morgan fingerprint density at radius 2 is 2.29 bits per heavy atom. The topological polar surface area (TPSA) is 77.6 Å². The minimum atomic E-state index is -0.308. The third-order valence-corrected chi connectivity index (χ3v) is 4.13. The second-order valence-corrected chi connectivity index (χ2v) is 5.66. The van der Waals surface area contributed by atoms with Crippen molar-refractivity contribution in [3.8, 4) is 0 Å². The molecule has 1 N–H and O–H groups in total. The number of aromatic nitrogens is 5. The number of hydrogen-bond acceptors (Lipinski definition) is 4. The average molecular weight is 288 g/mol. The standard InChI is InChI=1S/C14H20N6O/c1-3-11(12-15-10-17-19(12)2)18-13(21)14(5-6-14)9-20-8-4-7-16-20/h4,7-8,10-11H,3,5-6,9H2,1-2H3,(H,18,21). The van der Waals surface area contributed by atoms with Gasteiger partial charge in [-0.2, -0.15) is 10.2 Å². The molecule has 1 aliphatic rings. The zero-order valence-corrected chi connectivity index (χ0v) is 12.4. The summed E-state index contributed by atoms with van der Waals surface area (Å²) in [5, 5.41) is 11.4. The van der Waals surface area contributed by atoms with Gasteiger partial charge in [0.25, 0.3) is 0 Å². The van der Waals surface area contributed by atoms with Crippen molar-refractivity contribution in [2.24, 2.45) is 12.5 Å². The van der Waals surface area contributed by atoms with E-state index in [0.29, 0.717) is 6.54 Å². The molecule has 2 heterocycles. The summed E-state index contributed by atoms with van der Waals surface area (Å²) in [4.78, 5) is 16.9. The first-order valence-electron chi connectivity index (χ1n) is 7.27. The minimum Gasteiger partial charge on any atom is -0.346 e. The summed E-state index contributed by atoms with van der Waals surface area (Å²) >= 11 is 0. The lowest BCUT2D eigenvalue weighted by Gasteiger charge is -2.21. The molecule has 21 heavy (non-hydrogen) atoms. The SMILES string of the molecule is CCC(NC(=O)C1(Cn2cccn2)CC1)c1ncnn1C. The molecular weight excluding hydrogens is 268 g/mol. The van der Waals surface area contributed by atoms with Gasteiger partial charge in [0.1, 0.15) is 12.2 Å². The van der Waals surface area contributed by atoms with Crippen LogP contribution in [-0.2, 0) is 18.4 Å². The maximum atomic E-state index is 12.6. The second-order valence-electron chi connectivity index (χ2n) is 5.66. The van der Waals surface area contributed by atoms with Crippen LogP contribution in [0.15, 0.2) is 24.8 Å². The number of carbonyl (C=O) groups excluding carboxylic acids is 1. The van der Waals surface area contributed by atoms with Gasteiger partial charge in [0, 0.05) is 19.4 Å². The summed E-state index contributed by atoms with van der Waals surface area (Å²) < 4.78 is 3.54. The molecule has 3 rings (SSSR count). The number of aryl methyl sites for hydroxylation is 1. The number of nitrogens with zero attached hydrogens (tertiary/aromatic N) is 5. The molecule has 7 nitrogen and oxygen atoms in total. The molecule has 1 amide bonds. The number of carbonyl (C=O) groups is 1. The summed E-state index contributed by atoms with van der Waals surface area (Å²) in [5.74, 6) is 0.883. The van der Waals surface area contributed by atoms with E-state index in [1.54, 1.807) is 10.9 Å². The molecular formula is C14H20N6O. The van der Waals surface area contributed by atoms with Crippen LogP contribution in [0.25, 0.3) is 0 Å². The Morgan fingerprint density at radius 3 is 2.81 bits per heavy atom. The normalized spacial score (nSPS) is 17.4. The van der Waals surface area contributed by atoms with E-state index >= 15 is 0 Å².